The molecule has 0 atom stereocenters. The monoisotopic (exact) mass is 571 g/mol. The highest BCUT2D eigenvalue weighted by molar-refractivity contribution is 6.34. The molecule has 0 spiro atoms. The van der Waals surface area contributed by atoms with Crippen LogP contribution in [0, 0.1) is 12.8 Å². The number of nitrogens with one attached hydrogen (secondary N) is 1. The molecule has 2 heterocycles. The Morgan fingerprint density at radius 2 is 1.75 bits per heavy atom. The maximum atomic E-state index is 13.9. The average molecular weight is 572 g/mol. The Kier molecular flexibility index (Phi) is 7.31. The molecule has 5 rings (SSSR count). The lowest BCUT2D eigenvalue weighted by Crippen LogP contribution is -2.48. The number of rotatable bonds is 6. The van der Waals surface area contributed by atoms with Crippen LogP contribution in [-0.4, -0.2) is 29.3 Å². The topological polar surface area (TPSA) is 65.3 Å². The van der Waals surface area contributed by atoms with E-state index >= 15 is 0 Å². The van der Waals surface area contributed by atoms with Gasteiger partial charge >= 0.3 is 17.3 Å². The van der Waals surface area contributed by atoms with Crippen molar-refractivity contribution in [3.8, 4) is 22.6 Å². The van der Waals surface area contributed by atoms with Gasteiger partial charge in [0, 0.05) is 36.7 Å². The van der Waals surface area contributed by atoms with Gasteiger partial charge in [0.1, 0.15) is 5.75 Å². The van der Waals surface area contributed by atoms with Crippen LogP contribution in [0.4, 0.5) is 13.2 Å². The van der Waals surface area contributed by atoms with Crippen LogP contribution in [0.25, 0.3) is 27.8 Å². The summed E-state index contributed by atoms with van der Waals surface area (Å²) in [6.07, 6.45) is -4.59. The second kappa shape index (κ2) is 10.4. The molecule has 6 nitrogen and oxygen atoms in total. The number of halogens is 4. The molecule has 1 fully saturated rings. The lowest BCUT2D eigenvalue weighted by Gasteiger charge is -2.29. The van der Waals surface area contributed by atoms with E-state index in [1.807, 2.05) is 39.0 Å². The van der Waals surface area contributed by atoms with E-state index in [9.17, 15) is 22.8 Å². The van der Waals surface area contributed by atoms with Gasteiger partial charge in [-0.25, -0.2) is 0 Å². The molecular formula is C30H29ClF3N3O3. The van der Waals surface area contributed by atoms with Gasteiger partial charge in [-0.15, -0.1) is 0 Å². The Bertz CT molecular complexity index is 1740. The molecular weight excluding hydrogens is 543 g/mol. The molecule has 40 heavy (non-hydrogen) atoms. The van der Waals surface area contributed by atoms with Crippen molar-refractivity contribution in [2.45, 2.75) is 39.4 Å². The van der Waals surface area contributed by atoms with Crippen molar-refractivity contribution in [1.82, 2.24) is 14.5 Å². The lowest BCUT2D eigenvalue weighted by molar-refractivity contribution is -0.137. The number of benzene rings is 3. The molecule has 1 aromatic heterocycles. The van der Waals surface area contributed by atoms with Crippen molar-refractivity contribution in [3.63, 3.8) is 0 Å². The molecule has 0 unspecified atom stereocenters. The number of nitrogens with zero attached hydrogens (tertiary/aromatic N) is 2. The summed E-state index contributed by atoms with van der Waals surface area (Å²) in [6.45, 7) is 7.57. The van der Waals surface area contributed by atoms with E-state index in [1.54, 1.807) is 12.1 Å². The van der Waals surface area contributed by atoms with Crippen molar-refractivity contribution >= 4 is 22.6 Å². The van der Waals surface area contributed by atoms with Gasteiger partial charge in [-0.05, 0) is 54.3 Å². The summed E-state index contributed by atoms with van der Waals surface area (Å²) >= 11 is 6.74. The van der Waals surface area contributed by atoms with Crippen molar-refractivity contribution in [2.24, 2.45) is 5.92 Å². The van der Waals surface area contributed by atoms with Crippen molar-refractivity contribution in [3.05, 3.63) is 91.0 Å². The highest BCUT2D eigenvalue weighted by Crippen LogP contribution is 2.41. The summed E-state index contributed by atoms with van der Waals surface area (Å²) < 4.78 is 49.2. The first-order valence-corrected chi connectivity index (χ1v) is 13.4. The fraction of sp³-hybridized carbons (Fsp3) is 0.333. The molecule has 0 amide bonds. The molecule has 1 saturated heterocycles. The Labute approximate surface area is 234 Å². The first kappa shape index (κ1) is 28.0. The van der Waals surface area contributed by atoms with Gasteiger partial charge < -0.3 is 14.6 Å². The quantitative estimate of drug-likeness (QED) is 0.282. The van der Waals surface area contributed by atoms with Crippen molar-refractivity contribution < 1.29 is 17.9 Å². The first-order valence-electron chi connectivity index (χ1n) is 13.0. The minimum atomic E-state index is -4.59. The van der Waals surface area contributed by atoms with Gasteiger partial charge in [-0.1, -0.05) is 43.6 Å². The third kappa shape index (κ3) is 4.81. The Balaban J connectivity index is 1.91. The Morgan fingerprint density at radius 1 is 1.02 bits per heavy atom. The summed E-state index contributed by atoms with van der Waals surface area (Å²) in [5.74, 6) is 0.370. The molecule has 1 aliphatic heterocycles. The van der Waals surface area contributed by atoms with E-state index in [0.717, 1.165) is 23.3 Å². The number of aryl methyl sites for hydroxylation is 1. The second-order valence-corrected chi connectivity index (χ2v) is 10.9. The van der Waals surface area contributed by atoms with Crippen LogP contribution in [0.5, 0.6) is 5.75 Å². The minimum Gasteiger partial charge on any atom is -0.496 e. The Hall–Kier alpha value is -3.56. The molecule has 4 aromatic rings. The summed E-state index contributed by atoms with van der Waals surface area (Å²) in [4.78, 5) is 27.5. The number of para-hydroxylation sites is 1. The van der Waals surface area contributed by atoms with Gasteiger partial charge in [0.25, 0.3) is 0 Å². The summed E-state index contributed by atoms with van der Waals surface area (Å²) in [5.41, 5.74) is 1.10. The predicted octanol–water partition coefficient (Wildman–Crippen LogP) is 6.15. The Morgan fingerprint density at radius 3 is 2.35 bits per heavy atom. The molecule has 3 aromatic carbocycles. The SMILES string of the molecule is COc1ccc(C(F)(F)F)cc1-c1cc2c(cc1Cl)n(CC1CNC1)c(=O)c(=O)n2-c1c(C)cccc1C(C)C. The maximum absolute atomic E-state index is 13.9. The van der Waals surface area contributed by atoms with E-state index in [-0.39, 0.29) is 33.7 Å². The van der Waals surface area contributed by atoms with Crippen LogP contribution in [0.1, 0.15) is 36.5 Å². The van der Waals surface area contributed by atoms with Gasteiger partial charge in [0.15, 0.2) is 0 Å². The number of fused-ring (bicyclic) bond motifs is 1. The fourth-order valence-corrected chi connectivity index (χ4v) is 5.53. The maximum Gasteiger partial charge on any atom is 0.416 e. The van der Waals surface area contributed by atoms with E-state index in [0.29, 0.717) is 36.4 Å². The zero-order valence-electron chi connectivity index (χ0n) is 22.5. The molecule has 10 heteroatoms. The summed E-state index contributed by atoms with van der Waals surface area (Å²) in [6, 6.07) is 12.0. The van der Waals surface area contributed by atoms with Crippen LogP contribution in [-0.2, 0) is 12.7 Å². The average Bonchev–Trinajstić information content (AvgIpc) is 2.87. The molecule has 0 bridgehead atoms. The van der Waals surface area contributed by atoms with Crippen LogP contribution in [0.3, 0.4) is 0 Å². The normalized spacial score (nSPS) is 14.1. The van der Waals surface area contributed by atoms with E-state index in [4.69, 9.17) is 16.3 Å². The van der Waals surface area contributed by atoms with E-state index < -0.39 is 22.9 Å². The molecule has 0 saturated carbocycles. The number of aromatic nitrogens is 2. The third-order valence-corrected chi connectivity index (χ3v) is 7.78. The predicted molar refractivity (Wildman–Crippen MR) is 151 cm³/mol. The van der Waals surface area contributed by atoms with Crippen LogP contribution >= 0.6 is 11.6 Å². The number of hydrogen-bond donors (Lipinski definition) is 1. The van der Waals surface area contributed by atoms with E-state index in [2.05, 4.69) is 5.32 Å². The molecule has 1 aliphatic rings. The number of alkyl halides is 3. The zero-order valence-corrected chi connectivity index (χ0v) is 23.3. The molecule has 0 aliphatic carbocycles. The zero-order chi connectivity index (χ0) is 28.9. The summed E-state index contributed by atoms with van der Waals surface area (Å²) in [5, 5.41) is 3.30. The second-order valence-electron chi connectivity index (χ2n) is 10.5. The van der Waals surface area contributed by atoms with Gasteiger partial charge in [0.05, 0.1) is 34.4 Å². The highest BCUT2D eigenvalue weighted by atomic mass is 35.5. The number of ether oxygens (including phenoxy) is 1. The van der Waals surface area contributed by atoms with E-state index in [1.165, 1.54) is 22.3 Å². The summed E-state index contributed by atoms with van der Waals surface area (Å²) in [7, 11) is 1.36. The first-order chi connectivity index (χ1) is 18.9. The van der Waals surface area contributed by atoms with Gasteiger partial charge in [-0.3, -0.25) is 14.2 Å². The molecule has 210 valence electrons. The van der Waals surface area contributed by atoms with Crippen LogP contribution in [0.2, 0.25) is 5.02 Å². The minimum absolute atomic E-state index is 0.0238. The molecule has 1 N–H and O–H groups in total. The molecule has 0 radical (unpaired) electrons. The third-order valence-electron chi connectivity index (χ3n) is 7.47. The number of methoxy groups -OCH3 is 1. The number of hydrogen-bond acceptors (Lipinski definition) is 4. The van der Waals surface area contributed by atoms with Crippen molar-refractivity contribution in [2.75, 3.05) is 20.2 Å². The van der Waals surface area contributed by atoms with Crippen LogP contribution < -0.4 is 21.2 Å². The van der Waals surface area contributed by atoms with Gasteiger partial charge in [0.2, 0.25) is 0 Å². The van der Waals surface area contributed by atoms with Crippen LogP contribution in [0.15, 0.2) is 58.1 Å². The van der Waals surface area contributed by atoms with Gasteiger partial charge in [-0.2, -0.15) is 13.2 Å². The largest absolute Gasteiger partial charge is 0.496 e. The smallest absolute Gasteiger partial charge is 0.416 e. The standard InChI is InChI=1S/C30H29ClF3N3O3/c1-16(2)20-7-5-6-17(3)27(20)37-25-11-21(22-10-19(30(32,33)34)8-9-26(22)40-4)23(31)12-24(25)36(28(38)29(37)39)15-18-13-35-14-18/h5-12,16,18,35H,13-15H2,1-4H3. The lowest BCUT2D eigenvalue weighted by atomic mass is 9.97. The fourth-order valence-electron chi connectivity index (χ4n) is 5.27. The highest BCUT2D eigenvalue weighted by Gasteiger charge is 2.32. The van der Waals surface area contributed by atoms with Crippen molar-refractivity contribution in [1.29, 1.82) is 0 Å².